The van der Waals surface area contributed by atoms with Gasteiger partial charge in [-0.1, -0.05) is 24.3 Å². The van der Waals surface area contributed by atoms with Gasteiger partial charge >= 0.3 is 0 Å². The number of rotatable bonds is 3. The normalized spacial score (nSPS) is 9.94. The molecule has 4 nitrogen and oxygen atoms in total. The molecule has 4 heteroatoms. The van der Waals surface area contributed by atoms with Gasteiger partial charge in [-0.05, 0) is 23.8 Å². The van der Waals surface area contributed by atoms with Crippen molar-refractivity contribution in [3.63, 3.8) is 0 Å². The number of nitrogens with one attached hydrogen (secondary N) is 1. The fourth-order valence-electron chi connectivity index (χ4n) is 1.69. The van der Waals surface area contributed by atoms with E-state index < -0.39 is 0 Å². The predicted octanol–water partition coefficient (Wildman–Crippen LogP) is 3.30. The minimum Gasteiger partial charge on any atom is -0.388 e. The largest absolute Gasteiger partial charge is 0.388 e. The lowest BCUT2D eigenvalue weighted by molar-refractivity contribution is -0.384. The smallest absolute Gasteiger partial charge is 0.277 e. The Morgan fingerprint density at radius 1 is 1.06 bits per heavy atom. The highest BCUT2D eigenvalue weighted by Crippen LogP contribution is 2.29. The van der Waals surface area contributed by atoms with Crippen LogP contribution in [0.2, 0.25) is 0 Å². The number of hydrogen-bond donors (Lipinski definition) is 1. The molecule has 0 saturated heterocycles. The molecule has 0 aliphatic heterocycles. The Morgan fingerprint density at radius 3 is 2.29 bits per heavy atom. The van der Waals surface area contributed by atoms with Gasteiger partial charge in [0.15, 0.2) is 0 Å². The average molecular weight is 228 g/mol. The third-order valence-electron chi connectivity index (χ3n) is 2.59. The van der Waals surface area contributed by atoms with E-state index in [9.17, 15) is 10.1 Å². The molecule has 86 valence electrons. The van der Waals surface area contributed by atoms with Crippen LogP contribution in [0.5, 0.6) is 0 Å². The number of para-hydroxylation sites is 1. The third kappa shape index (κ3) is 2.25. The van der Waals surface area contributed by atoms with E-state index in [0.29, 0.717) is 5.56 Å². The Kier molecular flexibility index (Phi) is 3.05. The summed E-state index contributed by atoms with van der Waals surface area (Å²) in [5, 5.41) is 13.9. The average Bonchev–Trinajstić information content (AvgIpc) is 2.39. The zero-order chi connectivity index (χ0) is 12.3. The van der Waals surface area contributed by atoms with E-state index in [4.69, 9.17) is 0 Å². The molecule has 0 radical (unpaired) electrons. The summed E-state index contributed by atoms with van der Waals surface area (Å²) in [5.41, 5.74) is 2.59. The van der Waals surface area contributed by atoms with Crippen molar-refractivity contribution in [2.75, 3.05) is 12.4 Å². The Bertz CT molecular complexity index is 535. The van der Waals surface area contributed by atoms with E-state index in [1.165, 1.54) is 6.07 Å². The molecule has 0 atom stereocenters. The second kappa shape index (κ2) is 4.65. The Hall–Kier alpha value is -2.36. The summed E-state index contributed by atoms with van der Waals surface area (Å²) in [7, 11) is 1.83. The van der Waals surface area contributed by atoms with Crippen molar-refractivity contribution in [2.45, 2.75) is 0 Å². The first-order valence-corrected chi connectivity index (χ1v) is 5.24. The molecule has 0 aliphatic rings. The lowest BCUT2D eigenvalue weighted by Gasteiger charge is -2.04. The molecular weight excluding hydrogens is 216 g/mol. The van der Waals surface area contributed by atoms with Crippen molar-refractivity contribution in [3.05, 3.63) is 58.6 Å². The summed E-state index contributed by atoms with van der Waals surface area (Å²) in [4.78, 5) is 10.6. The molecule has 0 aromatic heterocycles. The highest BCUT2D eigenvalue weighted by Gasteiger charge is 2.13. The molecule has 0 spiro atoms. The minimum atomic E-state index is -0.360. The quantitative estimate of drug-likeness (QED) is 0.647. The molecule has 0 unspecified atom stereocenters. The van der Waals surface area contributed by atoms with Gasteiger partial charge in [0.1, 0.15) is 0 Å². The second-order valence-corrected chi connectivity index (χ2v) is 3.60. The van der Waals surface area contributed by atoms with Gasteiger partial charge in [0.05, 0.1) is 10.5 Å². The van der Waals surface area contributed by atoms with Gasteiger partial charge in [-0.2, -0.15) is 0 Å². The standard InChI is InChI=1S/C13H12N2O2/c1-14-11-8-6-10(7-9-11)12-4-2-3-5-13(12)15(16)17/h2-9,14H,1H3. The molecule has 0 amide bonds. The first-order valence-electron chi connectivity index (χ1n) is 5.24. The number of nitrogens with zero attached hydrogens (tertiary/aromatic N) is 1. The van der Waals surface area contributed by atoms with Gasteiger partial charge in [-0.25, -0.2) is 0 Å². The van der Waals surface area contributed by atoms with Crippen LogP contribution >= 0.6 is 0 Å². The summed E-state index contributed by atoms with van der Waals surface area (Å²) in [5.74, 6) is 0. The number of nitro groups is 1. The fourth-order valence-corrected chi connectivity index (χ4v) is 1.69. The topological polar surface area (TPSA) is 55.2 Å². The van der Waals surface area contributed by atoms with Gasteiger partial charge in [0, 0.05) is 18.8 Å². The van der Waals surface area contributed by atoms with Crippen LogP contribution in [0.3, 0.4) is 0 Å². The molecule has 2 aromatic rings. The van der Waals surface area contributed by atoms with Gasteiger partial charge < -0.3 is 5.32 Å². The Morgan fingerprint density at radius 2 is 1.71 bits per heavy atom. The molecule has 0 bridgehead atoms. The number of nitro benzene ring substituents is 1. The van der Waals surface area contributed by atoms with Crippen molar-refractivity contribution in [1.29, 1.82) is 0 Å². The molecule has 0 heterocycles. The maximum Gasteiger partial charge on any atom is 0.277 e. The molecule has 0 saturated carbocycles. The van der Waals surface area contributed by atoms with Gasteiger partial charge in [-0.15, -0.1) is 0 Å². The number of anilines is 1. The zero-order valence-electron chi connectivity index (χ0n) is 9.38. The highest BCUT2D eigenvalue weighted by molar-refractivity contribution is 5.74. The monoisotopic (exact) mass is 228 g/mol. The summed E-state index contributed by atoms with van der Waals surface area (Å²) >= 11 is 0. The molecule has 17 heavy (non-hydrogen) atoms. The molecule has 0 aliphatic carbocycles. The molecule has 2 rings (SSSR count). The van der Waals surface area contributed by atoms with E-state index in [0.717, 1.165) is 11.3 Å². The number of benzene rings is 2. The van der Waals surface area contributed by atoms with Crippen molar-refractivity contribution in [1.82, 2.24) is 0 Å². The summed E-state index contributed by atoms with van der Waals surface area (Å²) in [6.45, 7) is 0. The third-order valence-corrected chi connectivity index (χ3v) is 2.59. The van der Waals surface area contributed by atoms with Crippen LogP contribution in [-0.2, 0) is 0 Å². The summed E-state index contributed by atoms with van der Waals surface area (Å²) < 4.78 is 0. The van der Waals surface area contributed by atoms with E-state index >= 15 is 0 Å². The first kappa shape index (κ1) is 11.1. The van der Waals surface area contributed by atoms with E-state index in [-0.39, 0.29) is 10.6 Å². The van der Waals surface area contributed by atoms with Gasteiger partial charge in [0.2, 0.25) is 0 Å². The van der Waals surface area contributed by atoms with Crippen LogP contribution in [0, 0.1) is 10.1 Å². The van der Waals surface area contributed by atoms with Crippen molar-refractivity contribution >= 4 is 11.4 Å². The highest BCUT2D eigenvalue weighted by atomic mass is 16.6. The SMILES string of the molecule is CNc1ccc(-c2ccccc2[N+](=O)[O-])cc1. The molecule has 0 fully saturated rings. The summed E-state index contributed by atoms with van der Waals surface area (Å²) in [6, 6.07) is 14.3. The van der Waals surface area contributed by atoms with Gasteiger partial charge in [-0.3, -0.25) is 10.1 Å². The van der Waals surface area contributed by atoms with Crippen LogP contribution < -0.4 is 5.32 Å². The molecule has 1 N–H and O–H groups in total. The maximum absolute atomic E-state index is 10.9. The minimum absolute atomic E-state index is 0.129. The summed E-state index contributed by atoms with van der Waals surface area (Å²) in [6.07, 6.45) is 0. The van der Waals surface area contributed by atoms with Crippen LogP contribution in [0.1, 0.15) is 0 Å². The predicted molar refractivity (Wildman–Crippen MR) is 68.1 cm³/mol. The first-order chi connectivity index (χ1) is 8.22. The van der Waals surface area contributed by atoms with Crippen molar-refractivity contribution in [2.24, 2.45) is 0 Å². The lowest BCUT2D eigenvalue weighted by Crippen LogP contribution is -1.92. The maximum atomic E-state index is 10.9. The fraction of sp³-hybridized carbons (Fsp3) is 0.0769. The van der Waals surface area contributed by atoms with Crippen molar-refractivity contribution in [3.8, 4) is 11.1 Å². The van der Waals surface area contributed by atoms with Crippen LogP contribution in [0.4, 0.5) is 11.4 Å². The van der Waals surface area contributed by atoms with E-state index in [1.807, 2.05) is 31.3 Å². The van der Waals surface area contributed by atoms with Crippen LogP contribution in [-0.4, -0.2) is 12.0 Å². The second-order valence-electron chi connectivity index (χ2n) is 3.60. The van der Waals surface area contributed by atoms with Crippen LogP contribution in [0.15, 0.2) is 48.5 Å². The van der Waals surface area contributed by atoms with E-state index in [2.05, 4.69) is 5.32 Å². The Labute approximate surface area is 99.1 Å². The molecular formula is C13H12N2O2. The number of hydrogen-bond acceptors (Lipinski definition) is 3. The van der Waals surface area contributed by atoms with Gasteiger partial charge in [0.25, 0.3) is 5.69 Å². The van der Waals surface area contributed by atoms with Crippen molar-refractivity contribution < 1.29 is 4.92 Å². The van der Waals surface area contributed by atoms with Crippen LogP contribution in [0.25, 0.3) is 11.1 Å². The lowest BCUT2D eigenvalue weighted by atomic mass is 10.0. The molecule has 2 aromatic carbocycles. The van der Waals surface area contributed by atoms with E-state index in [1.54, 1.807) is 18.2 Å². The zero-order valence-corrected chi connectivity index (χ0v) is 9.38. The Balaban J connectivity index is 2.48.